The largest absolute Gasteiger partial charge is 0.353 e. The number of anilines is 1. The van der Waals surface area contributed by atoms with E-state index in [1.54, 1.807) is 0 Å². The van der Waals surface area contributed by atoms with E-state index in [2.05, 4.69) is 43.0 Å². The van der Waals surface area contributed by atoms with E-state index in [9.17, 15) is 4.79 Å². The molecule has 2 heterocycles. The first-order valence-corrected chi connectivity index (χ1v) is 5.69. The third-order valence-electron chi connectivity index (χ3n) is 2.45. The van der Waals surface area contributed by atoms with Crippen LogP contribution in [0.1, 0.15) is 6.92 Å². The monoisotopic (exact) mass is 272 g/mol. The van der Waals surface area contributed by atoms with Crippen LogP contribution >= 0.6 is 15.9 Å². The summed E-state index contributed by atoms with van der Waals surface area (Å²) in [4.78, 5) is 20.2. The molecule has 1 fully saturated rings. The number of rotatable bonds is 1. The van der Waals surface area contributed by atoms with Crippen molar-refractivity contribution in [3.8, 4) is 0 Å². The lowest BCUT2D eigenvalue weighted by Gasteiger charge is -2.32. The molecule has 0 amide bonds. The topological polar surface area (TPSA) is 61.0 Å². The SMILES string of the molecule is C[C@@H]1CN(c2nc[nH]c(=O)c2Br)CCN1. The van der Waals surface area contributed by atoms with Gasteiger partial charge in [0.25, 0.3) is 5.56 Å². The summed E-state index contributed by atoms with van der Waals surface area (Å²) in [5.74, 6) is 0.729. The van der Waals surface area contributed by atoms with Crippen molar-refractivity contribution < 1.29 is 0 Å². The van der Waals surface area contributed by atoms with Crippen LogP contribution in [0, 0.1) is 0 Å². The Kier molecular flexibility index (Phi) is 3.06. The van der Waals surface area contributed by atoms with Gasteiger partial charge in [-0.05, 0) is 22.9 Å². The Bertz CT molecular complexity index is 405. The van der Waals surface area contributed by atoms with E-state index in [-0.39, 0.29) is 5.56 Å². The van der Waals surface area contributed by atoms with Gasteiger partial charge in [-0.2, -0.15) is 0 Å². The summed E-state index contributed by atoms with van der Waals surface area (Å²) in [6.07, 6.45) is 1.44. The minimum absolute atomic E-state index is 0.133. The summed E-state index contributed by atoms with van der Waals surface area (Å²) in [5.41, 5.74) is -0.133. The molecule has 1 aliphatic heterocycles. The lowest BCUT2D eigenvalue weighted by atomic mass is 10.2. The minimum atomic E-state index is -0.133. The molecule has 1 aromatic rings. The number of aromatic nitrogens is 2. The van der Waals surface area contributed by atoms with Crippen molar-refractivity contribution in [3.05, 3.63) is 21.2 Å². The van der Waals surface area contributed by atoms with Crippen molar-refractivity contribution in [1.82, 2.24) is 15.3 Å². The van der Waals surface area contributed by atoms with E-state index < -0.39 is 0 Å². The lowest BCUT2D eigenvalue weighted by Crippen LogP contribution is -2.49. The van der Waals surface area contributed by atoms with Crippen LogP contribution in [0.25, 0.3) is 0 Å². The van der Waals surface area contributed by atoms with Gasteiger partial charge in [-0.1, -0.05) is 0 Å². The molecule has 0 saturated carbocycles. The fourth-order valence-electron chi connectivity index (χ4n) is 1.72. The summed E-state index contributed by atoms with van der Waals surface area (Å²) < 4.78 is 0.513. The molecule has 1 atom stereocenters. The molecular formula is C9H13BrN4O. The van der Waals surface area contributed by atoms with E-state index in [0.29, 0.717) is 10.5 Å². The van der Waals surface area contributed by atoms with Crippen LogP contribution in [0.2, 0.25) is 0 Å². The molecule has 0 aromatic carbocycles. The second-order valence-electron chi connectivity index (χ2n) is 3.67. The van der Waals surface area contributed by atoms with Crippen molar-refractivity contribution in [3.63, 3.8) is 0 Å². The second-order valence-corrected chi connectivity index (χ2v) is 4.46. The van der Waals surface area contributed by atoms with Gasteiger partial charge < -0.3 is 15.2 Å². The summed E-state index contributed by atoms with van der Waals surface area (Å²) in [5, 5.41) is 3.35. The number of piperazine rings is 1. The van der Waals surface area contributed by atoms with E-state index in [1.165, 1.54) is 6.33 Å². The molecule has 1 aliphatic rings. The zero-order valence-electron chi connectivity index (χ0n) is 8.46. The molecule has 0 aliphatic carbocycles. The molecule has 2 rings (SSSR count). The van der Waals surface area contributed by atoms with Crippen LogP contribution in [0.4, 0.5) is 5.82 Å². The molecule has 0 bridgehead atoms. The van der Waals surface area contributed by atoms with Gasteiger partial charge in [0.05, 0.1) is 6.33 Å². The molecule has 0 spiro atoms. The summed E-state index contributed by atoms with van der Waals surface area (Å²) in [7, 11) is 0. The maximum absolute atomic E-state index is 11.4. The van der Waals surface area contributed by atoms with Crippen LogP contribution in [0.5, 0.6) is 0 Å². The maximum atomic E-state index is 11.4. The van der Waals surface area contributed by atoms with Gasteiger partial charge in [0, 0.05) is 25.7 Å². The van der Waals surface area contributed by atoms with Crippen molar-refractivity contribution in [1.29, 1.82) is 0 Å². The van der Waals surface area contributed by atoms with Gasteiger partial charge in [-0.3, -0.25) is 4.79 Å². The molecule has 5 nitrogen and oxygen atoms in total. The van der Waals surface area contributed by atoms with Gasteiger partial charge in [-0.15, -0.1) is 0 Å². The van der Waals surface area contributed by atoms with Gasteiger partial charge >= 0.3 is 0 Å². The summed E-state index contributed by atoms with van der Waals surface area (Å²) in [6.45, 7) is 4.78. The first-order chi connectivity index (χ1) is 7.18. The van der Waals surface area contributed by atoms with Gasteiger partial charge in [0.2, 0.25) is 0 Å². The number of nitrogens with one attached hydrogen (secondary N) is 2. The highest BCUT2D eigenvalue weighted by Gasteiger charge is 2.19. The van der Waals surface area contributed by atoms with Crippen LogP contribution in [0.15, 0.2) is 15.6 Å². The quantitative estimate of drug-likeness (QED) is 0.774. The third-order valence-corrected chi connectivity index (χ3v) is 3.16. The Balaban J connectivity index is 2.28. The van der Waals surface area contributed by atoms with Crippen molar-refractivity contribution in [2.45, 2.75) is 13.0 Å². The maximum Gasteiger partial charge on any atom is 0.267 e. The second kappa shape index (κ2) is 4.32. The highest BCUT2D eigenvalue weighted by atomic mass is 79.9. The van der Waals surface area contributed by atoms with Crippen molar-refractivity contribution >= 4 is 21.7 Å². The number of H-pyrrole nitrogens is 1. The molecule has 1 aromatic heterocycles. The zero-order chi connectivity index (χ0) is 10.8. The molecular weight excluding hydrogens is 260 g/mol. The third kappa shape index (κ3) is 2.21. The Labute approximate surface area is 96.0 Å². The first kappa shape index (κ1) is 10.6. The smallest absolute Gasteiger partial charge is 0.267 e. The van der Waals surface area contributed by atoms with Gasteiger partial charge in [0.1, 0.15) is 10.3 Å². The highest BCUT2D eigenvalue weighted by Crippen LogP contribution is 2.19. The summed E-state index contributed by atoms with van der Waals surface area (Å²) in [6, 6.07) is 0.423. The molecule has 15 heavy (non-hydrogen) atoms. The van der Waals surface area contributed by atoms with Gasteiger partial charge in [-0.25, -0.2) is 4.98 Å². The Morgan fingerprint density at radius 2 is 2.47 bits per heavy atom. The average molecular weight is 273 g/mol. The fourth-order valence-corrected chi connectivity index (χ4v) is 2.19. The van der Waals surface area contributed by atoms with E-state index >= 15 is 0 Å². The number of nitrogens with zero attached hydrogens (tertiary/aromatic N) is 2. The van der Waals surface area contributed by atoms with Crippen LogP contribution < -0.4 is 15.8 Å². The number of aromatic amines is 1. The standard InChI is InChI=1S/C9H13BrN4O/c1-6-4-14(3-2-11-6)8-7(10)9(15)13-5-12-8/h5-6,11H,2-4H2,1H3,(H,12,13,15)/t6-/m1/s1. The van der Waals surface area contributed by atoms with Crippen molar-refractivity contribution in [2.75, 3.05) is 24.5 Å². The number of halogens is 1. The summed E-state index contributed by atoms with van der Waals surface area (Å²) >= 11 is 3.27. The van der Waals surface area contributed by atoms with Crippen molar-refractivity contribution in [2.24, 2.45) is 0 Å². The molecule has 1 saturated heterocycles. The molecule has 0 unspecified atom stereocenters. The van der Waals surface area contributed by atoms with E-state index in [1.807, 2.05) is 0 Å². The number of hydrogen-bond acceptors (Lipinski definition) is 4. The normalized spacial score (nSPS) is 21.7. The number of hydrogen-bond donors (Lipinski definition) is 2. The van der Waals surface area contributed by atoms with Crippen LogP contribution in [-0.2, 0) is 0 Å². The molecule has 6 heteroatoms. The van der Waals surface area contributed by atoms with E-state index in [4.69, 9.17) is 0 Å². The first-order valence-electron chi connectivity index (χ1n) is 4.90. The molecule has 82 valence electrons. The average Bonchev–Trinajstić information content (AvgIpc) is 2.22. The lowest BCUT2D eigenvalue weighted by molar-refractivity contribution is 0.481. The molecule has 0 radical (unpaired) electrons. The fraction of sp³-hybridized carbons (Fsp3) is 0.556. The predicted molar refractivity (Wildman–Crippen MR) is 62.2 cm³/mol. The minimum Gasteiger partial charge on any atom is -0.353 e. The van der Waals surface area contributed by atoms with Crippen LogP contribution in [-0.4, -0.2) is 35.6 Å². The Morgan fingerprint density at radius 1 is 1.67 bits per heavy atom. The highest BCUT2D eigenvalue weighted by molar-refractivity contribution is 9.10. The zero-order valence-corrected chi connectivity index (χ0v) is 10.0. The Morgan fingerprint density at radius 3 is 3.20 bits per heavy atom. The Hall–Kier alpha value is -0.880. The van der Waals surface area contributed by atoms with Gasteiger partial charge in [0.15, 0.2) is 0 Å². The van der Waals surface area contributed by atoms with E-state index in [0.717, 1.165) is 25.5 Å². The molecule has 2 N–H and O–H groups in total. The predicted octanol–water partition coefficient (Wildman–Crippen LogP) is 0.331. The van der Waals surface area contributed by atoms with Crippen LogP contribution in [0.3, 0.4) is 0 Å².